The van der Waals surface area contributed by atoms with E-state index in [0.29, 0.717) is 10.6 Å². The highest BCUT2D eigenvalue weighted by Gasteiger charge is 2.12. The van der Waals surface area contributed by atoms with Crippen LogP contribution in [0.25, 0.3) is 11.6 Å². The van der Waals surface area contributed by atoms with Gasteiger partial charge < -0.3 is 4.74 Å². The minimum Gasteiger partial charge on any atom is -0.465 e. The molecule has 2 aromatic carbocycles. The monoisotopic (exact) mass is 272 g/mol. The van der Waals surface area contributed by atoms with Crippen LogP contribution in [0.2, 0.25) is 5.02 Å². The van der Waals surface area contributed by atoms with Crippen LogP contribution in [0.4, 0.5) is 0 Å². The van der Waals surface area contributed by atoms with Crippen LogP contribution in [0, 0.1) is 0 Å². The molecule has 0 amide bonds. The highest BCUT2D eigenvalue weighted by molar-refractivity contribution is 6.30. The summed E-state index contributed by atoms with van der Waals surface area (Å²) in [5, 5.41) is 0.632. The second-order valence-corrected chi connectivity index (χ2v) is 4.40. The zero-order chi connectivity index (χ0) is 13.7. The Hall–Kier alpha value is -2.06. The lowest BCUT2D eigenvalue weighted by Gasteiger charge is -2.06. The van der Waals surface area contributed by atoms with Gasteiger partial charge in [-0.1, -0.05) is 54.1 Å². The molecule has 19 heavy (non-hydrogen) atoms. The second-order valence-electron chi connectivity index (χ2n) is 3.97. The smallest absolute Gasteiger partial charge is 0.338 e. The zero-order valence-corrected chi connectivity index (χ0v) is 11.2. The van der Waals surface area contributed by atoms with E-state index in [1.165, 1.54) is 7.11 Å². The number of ether oxygens (including phenoxy) is 1. The molecule has 2 rings (SSSR count). The molecular weight excluding hydrogens is 260 g/mol. The van der Waals surface area contributed by atoms with Crippen molar-refractivity contribution in [3.8, 4) is 0 Å². The third kappa shape index (κ3) is 3.46. The summed E-state index contributed by atoms with van der Waals surface area (Å²) in [7, 11) is 1.37. The van der Waals surface area contributed by atoms with Crippen LogP contribution < -0.4 is 0 Å². The average molecular weight is 273 g/mol. The number of carbonyl (C=O) groups excluding carboxylic acids is 1. The van der Waals surface area contributed by atoms with E-state index in [1.807, 2.05) is 30.3 Å². The van der Waals surface area contributed by atoms with Crippen molar-refractivity contribution in [2.45, 2.75) is 0 Å². The fourth-order valence-electron chi connectivity index (χ4n) is 1.72. The summed E-state index contributed by atoms with van der Waals surface area (Å²) >= 11 is 5.85. The molecule has 0 saturated heterocycles. The molecule has 0 saturated carbocycles. The molecule has 0 radical (unpaired) electrons. The molecule has 96 valence electrons. The first kappa shape index (κ1) is 13.4. The number of hydrogen-bond donors (Lipinski definition) is 0. The maximum atomic E-state index is 11.9. The number of hydrogen-bond acceptors (Lipinski definition) is 2. The van der Waals surface area contributed by atoms with E-state index in [0.717, 1.165) is 11.1 Å². The Morgan fingerprint density at radius 1 is 1.05 bits per heavy atom. The highest BCUT2D eigenvalue weighted by atomic mass is 35.5. The topological polar surface area (TPSA) is 26.3 Å². The molecule has 0 aliphatic rings. The van der Waals surface area contributed by atoms with Crippen molar-refractivity contribution in [3.05, 3.63) is 70.7 Å². The van der Waals surface area contributed by atoms with Gasteiger partial charge in [-0.2, -0.15) is 0 Å². The Labute approximate surface area is 117 Å². The quantitative estimate of drug-likeness (QED) is 0.479. The van der Waals surface area contributed by atoms with Crippen LogP contribution >= 0.6 is 11.6 Å². The number of methoxy groups -OCH3 is 1. The van der Waals surface area contributed by atoms with Gasteiger partial charge in [0.05, 0.1) is 12.7 Å². The number of esters is 1. The number of rotatable bonds is 3. The van der Waals surface area contributed by atoms with Gasteiger partial charge in [-0.3, -0.25) is 0 Å². The maximum absolute atomic E-state index is 11.9. The van der Waals surface area contributed by atoms with Crippen molar-refractivity contribution in [2.75, 3.05) is 7.11 Å². The Bertz CT molecular complexity index is 586. The van der Waals surface area contributed by atoms with Gasteiger partial charge in [-0.15, -0.1) is 0 Å². The Kier molecular flexibility index (Phi) is 4.37. The Morgan fingerprint density at radius 2 is 1.68 bits per heavy atom. The van der Waals surface area contributed by atoms with Crippen molar-refractivity contribution >= 4 is 29.2 Å². The minimum absolute atomic E-state index is 0.369. The molecule has 0 heterocycles. The van der Waals surface area contributed by atoms with Gasteiger partial charge in [0.15, 0.2) is 0 Å². The summed E-state index contributed by atoms with van der Waals surface area (Å²) in [5.41, 5.74) is 2.23. The predicted octanol–water partition coefficient (Wildman–Crippen LogP) is 4.05. The van der Waals surface area contributed by atoms with Crippen LogP contribution in [-0.4, -0.2) is 13.1 Å². The molecule has 0 spiro atoms. The molecular formula is C16H13ClO2. The van der Waals surface area contributed by atoms with Crippen LogP contribution in [0.5, 0.6) is 0 Å². The number of carbonyl (C=O) groups is 1. The van der Waals surface area contributed by atoms with Gasteiger partial charge in [0, 0.05) is 5.02 Å². The van der Waals surface area contributed by atoms with Crippen molar-refractivity contribution in [3.63, 3.8) is 0 Å². The summed E-state index contributed by atoms with van der Waals surface area (Å²) in [6.07, 6.45) is 1.80. The zero-order valence-electron chi connectivity index (χ0n) is 10.5. The van der Waals surface area contributed by atoms with E-state index < -0.39 is 0 Å². The Morgan fingerprint density at radius 3 is 2.26 bits per heavy atom. The normalized spacial score (nSPS) is 11.2. The van der Waals surface area contributed by atoms with Crippen molar-refractivity contribution in [1.29, 1.82) is 0 Å². The van der Waals surface area contributed by atoms with Crippen LogP contribution in [0.15, 0.2) is 54.6 Å². The summed E-state index contributed by atoms with van der Waals surface area (Å²) in [6.45, 7) is 0. The van der Waals surface area contributed by atoms with E-state index in [4.69, 9.17) is 16.3 Å². The molecule has 3 heteroatoms. The molecule has 0 aliphatic carbocycles. The first-order valence-corrected chi connectivity index (χ1v) is 6.19. The predicted molar refractivity (Wildman–Crippen MR) is 77.8 cm³/mol. The summed E-state index contributed by atoms with van der Waals surface area (Å²) in [6, 6.07) is 16.7. The van der Waals surface area contributed by atoms with Crippen LogP contribution in [0.1, 0.15) is 11.1 Å². The lowest BCUT2D eigenvalue weighted by atomic mass is 10.0. The van der Waals surface area contributed by atoms with Gasteiger partial charge in [-0.05, 0) is 29.3 Å². The molecule has 2 aromatic rings. The Balaban J connectivity index is 2.45. The molecule has 0 fully saturated rings. The van der Waals surface area contributed by atoms with Crippen molar-refractivity contribution in [1.82, 2.24) is 0 Å². The second kappa shape index (κ2) is 6.21. The summed E-state index contributed by atoms with van der Waals surface area (Å²) in [4.78, 5) is 11.9. The van der Waals surface area contributed by atoms with Crippen LogP contribution in [0.3, 0.4) is 0 Å². The van der Waals surface area contributed by atoms with Gasteiger partial charge in [0.25, 0.3) is 0 Å². The van der Waals surface area contributed by atoms with Crippen LogP contribution in [-0.2, 0) is 9.53 Å². The van der Waals surface area contributed by atoms with Gasteiger partial charge in [-0.25, -0.2) is 4.79 Å². The van der Waals surface area contributed by atoms with Crippen molar-refractivity contribution < 1.29 is 9.53 Å². The fourth-order valence-corrected chi connectivity index (χ4v) is 1.84. The lowest BCUT2D eigenvalue weighted by Crippen LogP contribution is -2.03. The van der Waals surface area contributed by atoms with E-state index in [9.17, 15) is 4.79 Å². The molecule has 0 aliphatic heterocycles. The van der Waals surface area contributed by atoms with Crippen molar-refractivity contribution in [2.24, 2.45) is 0 Å². The largest absolute Gasteiger partial charge is 0.465 e. The fraction of sp³-hybridized carbons (Fsp3) is 0.0625. The SMILES string of the molecule is COC(=O)/C(=C\c1ccccc1)c1ccc(Cl)cc1. The first-order valence-electron chi connectivity index (χ1n) is 5.81. The molecule has 0 atom stereocenters. The van der Waals surface area contributed by atoms with E-state index >= 15 is 0 Å². The third-order valence-electron chi connectivity index (χ3n) is 2.67. The molecule has 0 aromatic heterocycles. The molecule has 0 N–H and O–H groups in total. The molecule has 0 unspecified atom stereocenters. The average Bonchev–Trinajstić information content (AvgIpc) is 2.46. The highest BCUT2D eigenvalue weighted by Crippen LogP contribution is 2.21. The van der Waals surface area contributed by atoms with Gasteiger partial charge >= 0.3 is 5.97 Å². The molecule has 2 nitrogen and oxygen atoms in total. The van der Waals surface area contributed by atoms with Gasteiger partial charge in [0.2, 0.25) is 0 Å². The first-order chi connectivity index (χ1) is 9.20. The third-order valence-corrected chi connectivity index (χ3v) is 2.92. The van der Waals surface area contributed by atoms with E-state index in [2.05, 4.69) is 0 Å². The van der Waals surface area contributed by atoms with Gasteiger partial charge in [0.1, 0.15) is 0 Å². The summed E-state index contributed by atoms with van der Waals surface area (Å²) < 4.78 is 4.83. The molecule has 0 bridgehead atoms. The minimum atomic E-state index is -0.369. The standard InChI is InChI=1S/C16H13ClO2/c1-19-16(18)15(11-12-5-3-2-4-6-12)13-7-9-14(17)10-8-13/h2-11H,1H3/b15-11-. The lowest BCUT2D eigenvalue weighted by molar-refractivity contribution is -0.133. The summed E-state index contributed by atoms with van der Waals surface area (Å²) in [5.74, 6) is -0.369. The van der Waals surface area contributed by atoms with E-state index in [1.54, 1.807) is 30.3 Å². The maximum Gasteiger partial charge on any atom is 0.338 e. The number of benzene rings is 2. The van der Waals surface area contributed by atoms with E-state index in [-0.39, 0.29) is 5.97 Å². The number of halogens is 1.